The molecule has 152 valence electrons. The zero-order valence-corrected chi connectivity index (χ0v) is 16.8. The molecule has 0 atom stereocenters. The Morgan fingerprint density at radius 2 is 1.96 bits per heavy atom. The summed E-state index contributed by atoms with van der Waals surface area (Å²) in [5, 5.41) is 10.9. The molecule has 0 aliphatic heterocycles. The van der Waals surface area contributed by atoms with Gasteiger partial charge in [-0.2, -0.15) is 0 Å². The van der Waals surface area contributed by atoms with Crippen LogP contribution in [0.1, 0.15) is 56.3 Å². The molecule has 4 N–H and O–H groups in total. The van der Waals surface area contributed by atoms with E-state index in [1.807, 2.05) is 0 Å². The maximum absolute atomic E-state index is 12.5. The number of halogens is 1. The molecule has 8 heteroatoms. The van der Waals surface area contributed by atoms with Crippen LogP contribution in [0.2, 0.25) is 5.02 Å². The van der Waals surface area contributed by atoms with Crippen molar-refractivity contribution >= 4 is 23.2 Å². The Balaban J connectivity index is 2.05. The molecular weight excluding hydrogens is 370 g/mol. The molecule has 1 fully saturated rings. The van der Waals surface area contributed by atoms with Crippen LogP contribution in [0.5, 0.6) is 5.75 Å². The largest absolute Gasteiger partial charge is 0.462 e. The van der Waals surface area contributed by atoms with Crippen LogP contribution < -0.4 is 16.0 Å². The lowest BCUT2D eigenvalue weighted by atomic mass is 9.94. The first kappa shape index (κ1) is 21.8. The molecule has 1 aliphatic carbocycles. The average molecular weight is 400 g/mol. The Hall–Kier alpha value is -1.54. The molecular formula is C19H30ClN3O4. The average Bonchev–Trinajstić information content (AvgIpc) is 2.64. The minimum Gasteiger partial charge on any atom is -0.462 e. The van der Waals surface area contributed by atoms with Crippen molar-refractivity contribution in [1.82, 2.24) is 10.4 Å². The highest BCUT2D eigenvalue weighted by Crippen LogP contribution is 2.35. The van der Waals surface area contributed by atoms with E-state index in [1.54, 1.807) is 0 Å². The van der Waals surface area contributed by atoms with Gasteiger partial charge in [-0.1, -0.05) is 31.9 Å². The van der Waals surface area contributed by atoms with E-state index in [0.29, 0.717) is 26.0 Å². The molecule has 0 bridgehead atoms. The molecule has 0 saturated heterocycles. The summed E-state index contributed by atoms with van der Waals surface area (Å²) in [6.45, 7) is 7.03. The van der Waals surface area contributed by atoms with Crippen LogP contribution in [-0.2, 0) is 4.84 Å². The van der Waals surface area contributed by atoms with Crippen molar-refractivity contribution in [3.63, 3.8) is 0 Å². The summed E-state index contributed by atoms with van der Waals surface area (Å²) < 4.78 is 5.80. The maximum Gasteiger partial charge on any atom is 0.278 e. The van der Waals surface area contributed by atoms with Gasteiger partial charge in [0.2, 0.25) is 5.79 Å². The number of aliphatic hydroxyl groups is 1. The highest BCUT2D eigenvalue weighted by atomic mass is 35.5. The fourth-order valence-corrected chi connectivity index (χ4v) is 3.29. The van der Waals surface area contributed by atoms with Crippen molar-refractivity contribution in [3.05, 3.63) is 22.7 Å². The first-order valence-corrected chi connectivity index (χ1v) is 9.91. The van der Waals surface area contributed by atoms with Crippen LogP contribution in [0.25, 0.3) is 0 Å². The third-order valence-corrected chi connectivity index (χ3v) is 5.17. The number of hydroxylamine groups is 1. The van der Waals surface area contributed by atoms with Crippen LogP contribution in [-0.4, -0.2) is 47.9 Å². The van der Waals surface area contributed by atoms with Crippen molar-refractivity contribution in [2.24, 2.45) is 0 Å². The van der Waals surface area contributed by atoms with Gasteiger partial charge in [-0.25, -0.2) is 5.48 Å². The Bertz CT molecular complexity index is 632. The molecule has 27 heavy (non-hydrogen) atoms. The number of hydrogen-bond acceptors (Lipinski definition) is 6. The van der Waals surface area contributed by atoms with Crippen molar-refractivity contribution in [3.8, 4) is 5.75 Å². The number of nitrogen functional groups attached to an aromatic ring is 1. The lowest BCUT2D eigenvalue weighted by Gasteiger charge is -2.33. The van der Waals surface area contributed by atoms with Gasteiger partial charge in [0, 0.05) is 25.5 Å². The molecule has 2 rings (SSSR count). The Morgan fingerprint density at radius 1 is 1.30 bits per heavy atom. The van der Waals surface area contributed by atoms with E-state index in [9.17, 15) is 9.90 Å². The second kappa shape index (κ2) is 10.1. The fourth-order valence-electron chi connectivity index (χ4n) is 3.13. The molecule has 1 aromatic carbocycles. The monoisotopic (exact) mass is 399 g/mol. The number of nitrogens with two attached hydrogens (primary N) is 1. The van der Waals surface area contributed by atoms with Crippen LogP contribution in [0, 0.1) is 0 Å². The highest BCUT2D eigenvalue weighted by Gasteiger charge is 2.33. The summed E-state index contributed by atoms with van der Waals surface area (Å²) in [6.07, 6.45) is 3.82. The van der Waals surface area contributed by atoms with E-state index >= 15 is 0 Å². The summed E-state index contributed by atoms with van der Waals surface area (Å²) in [4.78, 5) is 20.0. The predicted molar refractivity (Wildman–Crippen MR) is 106 cm³/mol. The zero-order valence-electron chi connectivity index (χ0n) is 16.1. The number of likely N-dealkylation sites (N-methyl/N-ethyl adjacent to an activating group) is 1. The first-order chi connectivity index (χ1) is 12.9. The first-order valence-electron chi connectivity index (χ1n) is 9.53. The molecule has 1 aromatic rings. The van der Waals surface area contributed by atoms with Gasteiger partial charge in [0.1, 0.15) is 5.75 Å². The molecule has 0 radical (unpaired) electrons. The Labute approximate surface area is 165 Å². The summed E-state index contributed by atoms with van der Waals surface area (Å²) in [5.41, 5.74) is 8.73. The third-order valence-electron chi connectivity index (χ3n) is 4.85. The van der Waals surface area contributed by atoms with E-state index in [4.69, 9.17) is 26.9 Å². The molecule has 7 nitrogen and oxygen atoms in total. The van der Waals surface area contributed by atoms with E-state index in [-0.39, 0.29) is 22.0 Å². The molecule has 0 aromatic heterocycles. The second-order valence-electron chi connectivity index (χ2n) is 6.79. The number of amides is 1. The SMILES string of the molecule is CCN(CC)CCONC(=O)c1cc(Cl)c(N)cc1OC1(O)CCCCC1. The van der Waals surface area contributed by atoms with Gasteiger partial charge < -0.3 is 20.5 Å². The minimum atomic E-state index is -1.29. The molecule has 1 saturated carbocycles. The van der Waals surface area contributed by atoms with E-state index < -0.39 is 11.7 Å². The topological polar surface area (TPSA) is 97.1 Å². The number of carbonyl (C=O) groups is 1. The zero-order chi connectivity index (χ0) is 19.9. The third kappa shape index (κ3) is 6.24. The van der Waals surface area contributed by atoms with Crippen molar-refractivity contribution in [1.29, 1.82) is 0 Å². The van der Waals surface area contributed by atoms with Crippen LogP contribution in [0.15, 0.2) is 12.1 Å². The number of hydrogen-bond donors (Lipinski definition) is 3. The van der Waals surface area contributed by atoms with Crippen LogP contribution in [0.3, 0.4) is 0 Å². The second-order valence-corrected chi connectivity index (χ2v) is 7.19. The van der Waals surface area contributed by atoms with E-state index in [0.717, 1.165) is 32.4 Å². The van der Waals surface area contributed by atoms with Gasteiger partial charge in [-0.05, 0) is 32.0 Å². The lowest BCUT2D eigenvalue weighted by molar-refractivity contribution is -0.158. The summed E-state index contributed by atoms with van der Waals surface area (Å²) in [6, 6.07) is 2.90. The normalized spacial score (nSPS) is 16.3. The summed E-state index contributed by atoms with van der Waals surface area (Å²) in [7, 11) is 0. The number of benzene rings is 1. The Kier molecular flexibility index (Phi) is 8.16. The number of carbonyl (C=O) groups excluding carboxylic acids is 1. The molecule has 0 spiro atoms. The number of anilines is 1. The predicted octanol–water partition coefficient (Wildman–Crippen LogP) is 2.96. The van der Waals surface area contributed by atoms with Crippen LogP contribution in [0.4, 0.5) is 5.69 Å². The fraction of sp³-hybridized carbons (Fsp3) is 0.632. The molecule has 1 amide bonds. The number of nitrogens with zero attached hydrogens (tertiary/aromatic N) is 1. The molecule has 0 unspecified atom stereocenters. The van der Waals surface area contributed by atoms with E-state index in [1.165, 1.54) is 12.1 Å². The maximum atomic E-state index is 12.5. The van der Waals surface area contributed by atoms with E-state index in [2.05, 4.69) is 24.2 Å². The van der Waals surface area contributed by atoms with Gasteiger partial charge in [0.05, 0.1) is 22.9 Å². The Morgan fingerprint density at radius 3 is 2.59 bits per heavy atom. The molecule has 0 heterocycles. The number of ether oxygens (including phenoxy) is 1. The number of nitrogens with one attached hydrogen (secondary N) is 1. The van der Waals surface area contributed by atoms with Crippen LogP contribution >= 0.6 is 11.6 Å². The number of rotatable bonds is 9. The summed E-state index contributed by atoms with van der Waals surface area (Å²) >= 11 is 6.08. The quantitative estimate of drug-likeness (QED) is 0.255. The van der Waals surface area contributed by atoms with Gasteiger partial charge >= 0.3 is 0 Å². The van der Waals surface area contributed by atoms with Crippen molar-refractivity contribution < 1.29 is 19.5 Å². The summed E-state index contributed by atoms with van der Waals surface area (Å²) in [5.74, 6) is -1.59. The smallest absolute Gasteiger partial charge is 0.278 e. The van der Waals surface area contributed by atoms with Gasteiger partial charge in [-0.3, -0.25) is 9.63 Å². The minimum absolute atomic E-state index is 0.177. The van der Waals surface area contributed by atoms with Gasteiger partial charge in [0.25, 0.3) is 5.91 Å². The lowest BCUT2D eigenvalue weighted by Crippen LogP contribution is -2.38. The van der Waals surface area contributed by atoms with Crippen molar-refractivity contribution in [2.75, 3.05) is 32.0 Å². The van der Waals surface area contributed by atoms with Gasteiger partial charge in [0.15, 0.2) is 0 Å². The standard InChI is InChI=1S/C19H30ClN3O4/c1-3-23(4-2)10-11-26-22-18(24)14-12-15(20)16(21)13-17(14)27-19(25)8-6-5-7-9-19/h12-13,25H,3-11,21H2,1-2H3,(H,22,24). The van der Waals surface area contributed by atoms with Gasteiger partial charge in [-0.15, -0.1) is 0 Å². The van der Waals surface area contributed by atoms with Crippen molar-refractivity contribution in [2.45, 2.75) is 51.7 Å². The molecule has 1 aliphatic rings. The highest BCUT2D eigenvalue weighted by molar-refractivity contribution is 6.33.